The predicted molar refractivity (Wildman–Crippen MR) is 142 cm³/mol. The third-order valence-electron chi connectivity index (χ3n) is 5.21. The van der Waals surface area contributed by atoms with E-state index in [-0.39, 0.29) is 30.1 Å². The second-order valence-electron chi connectivity index (χ2n) is 7.73. The number of guanidine groups is 1. The number of halogens is 1. The number of aromatic nitrogens is 1. The number of aliphatic imine (C=N–C) groups is 1. The summed E-state index contributed by atoms with van der Waals surface area (Å²) in [7, 11) is 1.65. The first-order valence-corrected chi connectivity index (χ1v) is 11.2. The standard InChI is InChI=1S/C24H35N5O2.HI/c1-4-25-24(27-17-19(2)31-22-11-7-6-10-21(22)30-3)28-18-20-12-13-26-23(16-20)29-14-8-5-9-15-29;/h6-7,10-13,16,19H,4-5,8-9,14-15,17-18H2,1-3H3,(H2,25,27,28);1H. The van der Waals surface area contributed by atoms with E-state index in [4.69, 9.17) is 14.5 Å². The molecule has 32 heavy (non-hydrogen) atoms. The molecule has 1 unspecified atom stereocenters. The number of nitrogens with zero attached hydrogens (tertiary/aromatic N) is 3. The third-order valence-corrected chi connectivity index (χ3v) is 5.21. The van der Waals surface area contributed by atoms with Gasteiger partial charge in [-0.3, -0.25) is 0 Å². The molecule has 1 aliphatic rings. The van der Waals surface area contributed by atoms with Crippen LogP contribution in [0.4, 0.5) is 5.82 Å². The van der Waals surface area contributed by atoms with Crippen molar-refractivity contribution in [2.45, 2.75) is 45.8 Å². The second-order valence-corrected chi connectivity index (χ2v) is 7.73. The van der Waals surface area contributed by atoms with Gasteiger partial charge in [-0.1, -0.05) is 12.1 Å². The lowest BCUT2D eigenvalue weighted by Crippen LogP contribution is -2.41. The number of methoxy groups -OCH3 is 1. The Morgan fingerprint density at radius 1 is 1.12 bits per heavy atom. The van der Waals surface area contributed by atoms with Gasteiger partial charge >= 0.3 is 0 Å². The second kappa shape index (κ2) is 14.0. The molecule has 3 rings (SSSR count). The zero-order valence-electron chi connectivity index (χ0n) is 19.3. The Hall–Kier alpha value is -2.23. The quantitative estimate of drug-likeness (QED) is 0.276. The van der Waals surface area contributed by atoms with Gasteiger partial charge in [-0.2, -0.15) is 0 Å². The number of pyridine rings is 1. The van der Waals surface area contributed by atoms with Crippen molar-refractivity contribution in [2.75, 3.05) is 38.2 Å². The van der Waals surface area contributed by atoms with Crippen molar-refractivity contribution in [1.29, 1.82) is 0 Å². The number of para-hydroxylation sites is 2. The topological polar surface area (TPSA) is 71.0 Å². The van der Waals surface area contributed by atoms with Crippen molar-refractivity contribution in [3.05, 3.63) is 48.2 Å². The monoisotopic (exact) mass is 553 g/mol. The number of piperidine rings is 1. The van der Waals surface area contributed by atoms with Gasteiger partial charge in [0.25, 0.3) is 0 Å². The van der Waals surface area contributed by atoms with Crippen LogP contribution in [0.1, 0.15) is 38.7 Å². The first-order chi connectivity index (χ1) is 15.2. The minimum atomic E-state index is -0.0493. The summed E-state index contributed by atoms with van der Waals surface area (Å²) in [5, 5.41) is 6.68. The molecule has 1 saturated heterocycles. The summed E-state index contributed by atoms with van der Waals surface area (Å²) >= 11 is 0. The predicted octanol–water partition coefficient (Wildman–Crippen LogP) is 4.22. The Morgan fingerprint density at radius 3 is 2.59 bits per heavy atom. The summed E-state index contributed by atoms with van der Waals surface area (Å²) in [6.45, 7) is 8.29. The van der Waals surface area contributed by atoms with E-state index in [1.807, 2.05) is 43.5 Å². The number of anilines is 1. The first-order valence-electron chi connectivity index (χ1n) is 11.2. The summed E-state index contributed by atoms with van der Waals surface area (Å²) in [6, 6.07) is 11.9. The smallest absolute Gasteiger partial charge is 0.191 e. The van der Waals surface area contributed by atoms with Crippen LogP contribution in [0.5, 0.6) is 11.5 Å². The summed E-state index contributed by atoms with van der Waals surface area (Å²) < 4.78 is 11.4. The summed E-state index contributed by atoms with van der Waals surface area (Å²) in [4.78, 5) is 11.7. The molecule has 2 aromatic rings. The number of rotatable bonds is 9. The minimum absolute atomic E-state index is 0. The Morgan fingerprint density at radius 2 is 1.88 bits per heavy atom. The number of hydrogen-bond acceptors (Lipinski definition) is 5. The molecule has 2 N–H and O–H groups in total. The molecule has 2 heterocycles. The highest BCUT2D eigenvalue weighted by atomic mass is 127. The van der Waals surface area contributed by atoms with Gasteiger partial charge in [0.05, 0.1) is 20.2 Å². The number of benzene rings is 1. The van der Waals surface area contributed by atoms with E-state index in [9.17, 15) is 0 Å². The van der Waals surface area contributed by atoms with Crippen molar-refractivity contribution < 1.29 is 9.47 Å². The number of ether oxygens (including phenoxy) is 2. The first kappa shape index (κ1) is 26.0. The molecule has 0 bridgehead atoms. The van der Waals surface area contributed by atoms with Crippen molar-refractivity contribution in [3.63, 3.8) is 0 Å². The van der Waals surface area contributed by atoms with Gasteiger partial charge in [0.2, 0.25) is 0 Å². The molecular weight excluding hydrogens is 517 g/mol. The van der Waals surface area contributed by atoms with Gasteiger partial charge in [0.15, 0.2) is 17.5 Å². The minimum Gasteiger partial charge on any atom is -0.493 e. The number of nitrogens with one attached hydrogen (secondary N) is 2. The highest BCUT2D eigenvalue weighted by molar-refractivity contribution is 14.0. The highest BCUT2D eigenvalue weighted by Crippen LogP contribution is 2.26. The maximum absolute atomic E-state index is 6.03. The molecule has 0 radical (unpaired) electrons. The molecule has 1 aromatic heterocycles. The third kappa shape index (κ3) is 8.03. The van der Waals surface area contributed by atoms with Gasteiger partial charge in [0.1, 0.15) is 11.9 Å². The Labute approximate surface area is 209 Å². The summed E-state index contributed by atoms with van der Waals surface area (Å²) in [5.41, 5.74) is 1.16. The lowest BCUT2D eigenvalue weighted by molar-refractivity contribution is 0.213. The largest absolute Gasteiger partial charge is 0.493 e. The molecule has 0 amide bonds. The van der Waals surface area contributed by atoms with Crippen molar-refractivity contribution in [2.24, 2.45) is 4.99 Å². The fourth-order valence-electron chi connectivity index (χ4n) is 3.58. The normalized spacial score (nSPS) is 14.8. The Balaban J connectivity index is 0.00000363. The lowest BCUT2D eigenvalue weighted by Gasteiger charge is -2.27. The van der Waals surface area contributed by atoms with Crippen molar-refractivity contribution in [3.8, 4) is 11.5 Å². The van der Waals surface area contributed by atoms with E-state index in [2.05, 4.69) is 33.5 Å². The molecule has 0 aliphatic carbocycles. The summed E-state index contributed by atoms with van der Waals surface area (Å²) in [6.07, 6.45) is 5.64. The zero-order chi connectivity index (χ0) is 21.9. The molecule has 1 fully saturated rings. The molecule has 1 aromatic carbocycles. The maximum atomic E-state index is 6.03. The van der Waals surface area contributed by atoms with Crippen LogP contribution in [0.2, 0.25) is 0 Å². The highest BCUT2D eigenvalue weighted by Gasteiger charge is 2.12. The van der Waals surface area contributed by atoms with Crippen molar-refractivity contribution in [1.82, 2.24) is 15.6 Å². The van der Waals surface area contributed by atoms with E-state index in [0.717, 1.165) is 48.5 Å². The van der Waals surface area contributed by atoms with Crippen LogP contribution in [0.15, 0.2) is 47.6 Å². The van der Waals surface area contributed by atoms with Crippen LogP contribution in [0, 0.1) is 0 Å². The molecule has 176 valence electrons. The Kier molecular flexibility index (Phi) is 11.4. The maximum Gasteiger partial charge on any atom is 0.191 e. The SMILES string of the molecule is CCNC(=NCc1ccnc(N2CCCCC2)c1)NCC(C)Oc1ccccc1OC.I. The zero-order valence-corrected chi connectivity index (χ0v) is 21.7. The molecule has 1 atom stereocenters. The fourth-order valence-corrected chi connectivity index (χ4v) is 3.58. The fraction of sp³-hybridized carbons (Fsp3) is 0.500. The van der Waals surface area contributed by atoms with Gasteiger partial charge in [-0.25, -0.2) is 9.98 Å². The van der Waals surface area contributed by atoms with Crippen molar-refractivity contribution >= 4 is 35.8 Å². The molecular formula is C24H36IN5O2. The van der Waals surface area contributed by atoms with Crippen LogP contribution in [0.25, 0.3) is 0 Å². The molecule has 7 nitrogen and oxygen atoms in total. The van der Waals surface area contributed by atoms with E-state index >= 15 is 0 Å². The van der Waals surface area contributed by atoms with E-state index < -0.39 is 0 Å². The van der Waals surface area contributed by atoms with Crippen LogP contribution in [-0.4, -0.2) is 50.3 Å². The van der Waals surface area contributed by atoms with Gasteiger partial charge in [-0.15, -0.1) is 24.0 Å². The lowest BCUT2D eigenvalue weighted by atomic mass is 10.1. The van der Waals surface area contributed by atoms with Crippen LogP contribution < -0.4 is 25.0 Å². The van der Waals surface area contributed by atoms with E-state index in [1.165, 1.54) is 19.3 Å². The Bertz CT molecular complexity index is 843. The van der Waals surface area contributed by atoms with Crippen LogP contribution >= 0.6 is 24.0 Å². The van der Waals surface area contributed by atoms with Gasteiger partial charge in [0, 0.05) is 25.8 Å². The van der Waals surface area contributed by atoms with Gasteiger partial charge in [-0.05, 0) is 62.9 Å². The van der Waals surface area contributed by atoms with Gasteiger partial charge < -0.3 is 25.0 Å². The summed E-state index contributed by atoms with van der Waals surface area (Å²) in [5.74, 6) is 3.30. The molecule has 8 heteroatoms. The molecule has 0 spiro atoms. The molecule has 0 saturated carbocycles. The van der Waals surface area contributed by atoms with E-state index in [1.54, 1.807) is 7.11 Å². The molecule has 1 aliphatic heterocycles. The average Bonchev–Trinajstić information content (AvgIpc) is 2.82. The van der Waals surface area contributed by atoms with E-state index in [0.29, 0.717) is 13.1 Å². The average molecular weight is 553 g/mol. The van der Waals surface area contributed by atoms with Crippen LogP contribution in [0.3, 0.4) is 0 Å². The van der Waals surface area contributed by atoms with Crippen LogP contribution in [-0.2, 0) is 6.54 Å². The number of hydrogen-bond donors (Lipinski definition) is 2.